The minimum absolute atomic E-state index is 0.0389. The molecule has 23 heavy (non-hydrogen) atoms. The van der Waals surface area contributed by atoms with Crippen molar-refractivity contribution in [3.8, 4) is 0 Å². The summed E-state index contributed by atoms with van der Waals surface area (Å²) in [7, 11) is 0. The van der Waals surface area contributed by atoms with Crippen molar-refractivity contribution in [3.05, 3.63) is 17.5 Å². The van der Waals surface area contributed by atoms with E-state index < -0.39 is 6.10 Å². The Kier molecular flexibility index (Phi) is 4.68. The molecule has 0 spiro atoms. The number of carbonyl (C=O) groups excluding carboxylic acids is 1. The zero-order valence-corrected chi connectivity index (χ0v) is 14.2. The molecular formula is C17H26N4O2. The molecule has 0 aromatic carbocycles. The predicted octanol–water partition coefficient (Wildman–Crippen LogP) is 2.40. The van der Waals surface area contributed by atoms with Gasteiger partial charge in [-0.2, -0.15) is 5.10 Å². The summed E-state index contributed by atoms with van der Waals surface area (Å²) in [6.45, 7) is 7.04. The van der Waals surface area contributed by atoms with E-state index in [1.54, 1.807) is 0 Å². The van der Waals surface area contributed by atoms with Crippen LogP contribution in [0.1, 0.15) is 57.2 Å². The first kappa shape index (κ1) is 16.0. The van der Waals surface area contributed by atoms with Crippen LogP contribution in [0.4, 0.5) is 0 Å². The number of aryl methyl sites for hydroxylation is 2. The van der Waals surface area contributed by atoms with Crippen molar-refractivity contribution in [2.24, 2.45) is 11.1 Å². The molecular weight excluding hydrogens is 292 g/mol. The lowest BCUT2D eigenvalue weighted by Crippen LogP contribution is -2.45. The van der Waals surface area contributed by atoms with Gasteiger partial charge >= 0.3 is 0 Å². The third-order valence-corrected chi connectivity index (χ3v) is 4.98. The highest BCUT2D eigenvalue weighted by Gasteiger charge is 2.33. The Labute approximate surface area is 137 Å². The van der Waals surface area contributed by atoms with Gasteiger partial charge in [0.05, 0.1) is 11.4 Å². The fourth-order valence-corrected chi connectivity index (χ4v) is 3.45. The van der Waals surface area contributed by atoms with E-state index in [4.69, 9.17) is 4.84 Å². The highest BCUT2D eigenvalue weighted by Crippen LogP contribution is 2.25. The number of hydrogen-bond acceptors (Lipinski definition) is 4. The van der Waals surface area contributed by atoms with Gasteiger partial charge in [0.1, 0.15) is 0 Å². The molecule has 1 amide bonds. The molecule has 126 valence electrons. The molecule has 0 saturated heterocycles. The average Bonchev–Trinajstić information content (AvgIpc) is 3.15. The zero-order valence-electron chi connectivity index (χ0n) is 14.2. The van der Waals surface area contributed by atoms with E-state index in [0.717, 1.165) is 29.9 Å². The van der Waals surface area contributed by atoms with Crippen molar-refractivity contribution in [2.45, 2.75) is 71.6 Å². The molecule has 1 aliphatic carbocycles. The summed E-state index contributed by atoms with van der Waals surface area (Å²) in [5.74, 6) is 0.502. The van der Waals surface area contributed by atoms with Crippen molar-refractivity contribution in [1.29, 1.82) is 0 Å². The van der Waals surface area contributed by atoms with Crippen LogP contribution < -0.4 is 5.32 Å². The third kappa shape index (κ3) is 3.41. The maximum absolute atomic E-state index is 12.5. The third-order valence-electron chi connectivity index (χ3n) is 4.98. The van der Waals surface area contributed by atoms with Gasteiger partial charge in [0.25, 0.3) is 5.91 Å². The molecule has 1 fully saturated rings. The van der Waals surface area contributed by atoms with Crippen molar-refractivity contribution in [2.75, 3.05) is 0 Å². The molecule has 2 aliphatic rings. The molecule has 1 N–H and O–H groups in total. The standard InChI is InChI=1S/C17H26N4O2/c1-4-21-10-13(12(3)19-21)15-9-16(23-20-15)17(22)18-14-8-6-5-7-11(14)2/h10-11,14,16H,4-9H2,1-3H3,(H,18,22). The first-order chi connectivity index (χ1) is 11.1. The lowest BCUT2D eigenvalue weighted by atomic mass is 9.86. The van der Waals surface area contributed by atoms with Gasteiger partial charge in [-0.3, -0.25) is 9.48 Å². The van der Waals surface area contributed by atoms with Crippen molar-refractivity contribution in [3.63, 3.8) is 0 Å². The quantitative estimate of drug-likeness (QED) is 0.927. The van der Waals surface area contributed by atoms with Crippen LogP contribution in [-0.4, -0.2) is 33.5 Å². The van der Waals surface area contributed by atoms with E-state index in [0.29, 0.717) is 12.3 Å². The zero-order chi connectivity index (χ0) is 16.4. The topological polar surface area (TPSA) is 68.5 Å². The van der Waals surface area contributed by atoms with Crippen LogP contribution >= 0.6 is 0 Å². The fourth-order valence-electron chi connectivity index (χ4n) is 3.45. The van der Waals surface area contributed by atoms with Crippen LogP contribution in [0.2, 0.25) is 0 Å². The molecule has 3 rings (SSSR count). The van der Waals surface area contributed by atoms with Gasteiger partial charge in [0.2, 0.25) is 6.10 Å². The first-order valence-electron chi connectivity index (χ1n) is 8.66. The van der Waals surface area contributed by atoms with Crippen LogP contribution in [0.3, 0.4) is 0 Å². The van der Waals surface area contributed by atoms with E-state index in [-0.39, 0.29) is 11.9 Å². The van der Waals surface area contributed by atoms with Crippen molar-refractivity contribution < 1.29 is 9.63 Å². The number of rotatable bonds is 4. The number of aromatic nitrogens is 2. The molecule has 6 heteroatoms. The second-order valence-corrected chi connectivity index (χ2v) is 6.70. The summed E-state index contributed by atoms with van der Waals surface area (Å²) in [4.78, 5) is 17.8. The van der Waals surface area contributed by atoms with Crippen molar-refractivity contribution in [1.82, 2.24) is 15.1 Å². The van der Waals surface area contributed by atoms with Gasteiger partial charge < -0.3 is 10.2 Å². The smallest absolute Gasteiger partial charge is 0.264 e. The predicted molar refractivity (Wildman–Crippen MR) is 88.2 cm³/mol. The normalized spacial score (nSPS) is 27.4. The highest BCUT2D eigenvalue weighted by molar-refractivity contribution is 6.04. The summed E-state index contributed by atoms with van der Waals surface area (Å²) < 4.78 is 1.88. The van der Waals surface area contributed by atoms with E-state index >= 15 is 0 Å². The van der Waals surface area contributed by atoms with Gasteiger partial charge in [-0.1, -0.05) is 24.9 Å². The first-order valence-corrected chi connectivity index (χ1v) is 8.66. The number of carbonyl (C=O) groups is 1. The monoisotopic (exact) mass is 318 g/mol. The van der Waals surface area contributed by atoms with Crippen LogP contribution in [0.25, 0.3) is 0 Å². The SMILES string of the molecule is CCn1cc(C2=NOC(C(=O)NC3CCCCC3C)C2)c(C)n1. The number of nitrogens with one attached hydrogen (secondary N) is 1. The summed E-state index contributed by atoms with van der Waals surface area (Å²) in [5, 5.41) is 11.7. The molecule has 0 radical (unpaired) electrons. The molecule has 0 bridgehead atoms. The van der Waals surface area contributed by atoms with Gasteiger partial charge in [-0.05, 0) is 32.6 Å². The van der Waals surface area contributed by atoms with Gasteiger partial charge in [-0.25, -0.2) is 0 Å². The largest absolute Gasteiger partial charge is 0.382 e. The van der Waals surface area contributed by atoms with Crippen LogP contribution in [0.15, 0.2) is 11.4 Å². The van der Waals surface area contributed by atoms with Crippen LogP contribution in [0.5, 0.6) is 0 Å². The summed E-state index contributed by atoms with van der Waals surface area (Å²) in [5.41, 5.74) is 2.73. The Hall–Kier alpha value is -1.85. The maximum atomic E-state index is 12.5. The van der Waals surface area contributed by atoms with E-state index in [1.807, 2.05) is 24.7 Å². The Balaban J connectivity index is 1.59. The summed E-state index contributed by atoms with van der Waals surface area (Å²) >= 11 is 0. The molecule has 1 aromatic heterocycles. The minimum atomic E-state index is -0.511. The Morgan fingerprint density at radius 3 is 2.91 bits per heavy atom. The minimum Gasteiger partial charge on any atom is -0.382 e. The molecule has 3 atom stereocenters. The highest BCUT2D eigenvalue weighted by atomic mass is 16.6. The van der Waals surface area contributed by atoms with E-state index in [1.165, 1.54) is 19.3 Å². The maximum Gasteiger partial charge on any atom is 0.264 e. The van der Waals surface area contributed by atoms with Gasteiger partial charge in [-0.15, -0.1) is 0 Å². The summed E-state index contributed by atoms with van der Waals surface area (Å²) in [6.07, 6.45) is 6.69. The number of oxime groups is 1. The van der Waals surface area contributed by atoms with Gasteiger partial charge in [0, 0.05) is 30.8 Å². The van der Waals surface area contributed by atoms with E-state index in [2.05, 4.69) is 22.5 Å². The average molecular weight is 318 g/mol. The lowest BCUT2D eigenvalue weighted by molar-refractivity contribution is -0.132. The summed E-state index contributed by atoms with van der Waals surface area (Å²) in [6, 6.07) is 0.272. The Bertz CT molecular complexity index is 608. The Morgan fingerprint density at radius 1 is 1.43 bits per heavy atom. The molecule has 3 unspecified atom stereocenters. The molecule has 1 aliphatic heterocycles. The lowest BCUT2D eigenvalue weighted by Gasteiger charge is -2.30. The molecule has 6 nitrogen and oxygen atoms in total. The molecule has 1 aromatic rings. The van der Waals surface area contributed by atoms with Crippen molar-refractivity contribution >= 4 is 11.6 Å². The molecule has 2 heterocycles. The van der Waals surface area contributed by atoms with Gasteiger partial charge in [0.15, 0.2) is 0 Å². The van der Waals surface area contributed by atoms with Crippen LogP contribution in [0, 0.1) is 12.8 Å². The van der Waals surface area contributed by atoms with E-state index in [9.17, 15) is 4.79 Å². The molecule has 1 saturated carbocycles. The second-order valence-electron chi connectivity index (χ2n) is 6.70. The number of amides is 1. The second kappa shape index (κ2) is 6.72. The van der Waals surface area contributed by atoms with Crippen LogP contribution in [-0.2, 0) is 16.2 Å². The fraction of sp³-hybridized carbons (Fsp3) is 0.706. The number of nitrogens with zero attached hydrogens (tertiary/aromatic N) is 3. The Morgan fingerprint density at radius 2 is 2.22 bits per heavy atom. The number of hydrogen-bond donors (Lipinski definition) is 1.